The number of benzene rings is 2. The maximum atomic E-state index is 14.2. The molecule has 0 amide bonds. The Hall–Kier alpha value is -2.71. The molecule has 0 aliphatic carbocycles. The molecule has 0 unspecified atom stereocenters. The Labute approximate surface area is 168 Å². The summed E-state index contributed by atoms with van der Waals surface area (Å²) in [5, 5.41) is 22.7. The zero-order chi connectivity index (χ0) is 21.4. The first-order chi connectivity index (χ1) is 13.8. The number of nitrogens with one attached hydrogen (secondary N) is 1. The van der Waals surface area contributed by atoms with Crippen molar-refractivity contribution in [1.82, 2.24) is 5.32 Å². The highest BCUT2D eigenvalue weighted by Gasteiger charge is 2.17. The molecule has 6 nitrogen and oxygen atoms in total. The number of carbonyl (C=O) groups excluding carboxylic acids is 1. The highest BCUT2D eigenvalue weighted by Crippen LogP contribution is 2.23. The van der Waals surface area contributed by atoms with Gasteiger partial charge >= 0.3 is 5.97 Å². The highest BCUT2D eigenvalue weighted by atomic mass is 19.1. The van der Waals surface area contributed by atoms with Gasteiger partial charge in [-0.2, -0.15) is 0 Å². The van der Waals surface area contributed by atoms with Crippen LogP contribution < -0.4 is 10.1 Å². The summed E-state index contributed by atoms with van der Waals surface area (Å²) in [6.07, 6.45) is -0.635. The van der Waals surface area contributed by atoms with E-state index in [2.05, 4.69) is 10.1 Å². The summed E-state index contributed by atoms with van der Waals surface area (Å²) in [6, 6.07) is 7.77. The molecule has 0 bridgehead atoms. The van der Waals surface area contributed by atoms with Gasteiger partial charge in [0.1, 0.15) is 11.6 Å². The van der Waals surface area contributed by atoms with Crippen molar-refractivity contribution in [1.29, 1.82) is 0 Å². The van der Waals surface area contributed by atoms with E-state index in [4.69, 9.17) is 4.74 Å². The monoisotopic (exact) mass is 409 g/mol. The van der Waals surface area contributed by atoms with Crippen molar-refractivity contribution in [2.45, 2.75) is 32.4 Å². The molecule has 2 aromatic rings. The molecule has 0 aliphatic heterocycles. The van der Waals surface area contributed by atoms with Crippen LogP contribution in [0.4, 0.5) is 8.78 Å². The van der Waals surface area contributed by atoms with Gasteiger partial charge < -0.3 is 25.0 Å². The van der Waals surface area contributed by atoms with Gasteiger partial charge in [0, 0.05) is 12.1 Å². The van der Waals surface area contributed by atoms with Crippen LogP contribution in [0.25, 0.3) is 0 Å². The van der Waals surface area contributed by atoms with E-state index >= 15 is 0 Å². The predicted molar refractivity (Wildman–Crippen MR) is 103 cm³/mol. The molecule has 2 rings (SSSR count). The SMILES string of the molecule is CCOC(=O)COc1cc(F)c(CCN[C@@H](C)[C@H](O)c2ccc(O)cc2)cc1F. The summed E-state index contributed by atoms with van der Waals surface area (Å²) in [6.45, 7) is 3.37. The van der Waals surface area contributed by atoms with Crippen molar-refractivity contribution in [2.75, 3.05) is 19.8 Å². The van der Waals surface area contributed by atoms with Crippen LogP contribution in [0.5, 0.6) is 11.5 Å². The summed E-state index contributed by atoms with van der Waals surface area (Å²) in [7, 11) is 0. The lowest BCUT2D eigenvalue weighted by atomic mass is 10.0. The lowest BCUT2D eigenvalue weighted by molar-refractivity contribution is -0.145. The largest absolute Gasteiger partial charge is 0.508 e. The van der Waals surface area contributed by atoms with Crippen LogP contribution in [0.3, 0.4) is 0 Å². The number of aliphatic hydroxyl groups excluding tert-OH is 1. The number of aliphatic hydroxyl groups is 1. The highest BCUT2D eigenvalue weighted by molar-refractivity contribution is 5.71. The summed E-state index contributed by atoms with van der Waals surface area (Å²) >= 11 is 0. The third kappa shape index (κ3) is 6.69. The zero-order valence-corrected chi connectivity index (χ0v) is 16.3. The molecule has 3 N–H and O–H groups in total. The third-order valence-corrected chi connectivity index (χ3v) is 4.32. The lowest BCUT2D eigenvalue weighted by Gasteiger charge is -2.21. The maximum Gasteiger partial charge on any atom is 0.344 e. The summed E-state index contributed by atoms with van der Waals surface area (Å²) in [5.74, 6) is -2.35. The first kappa shape index (κ1) is 22.6. The first-order valence-electron chi connectivity index (χ1n) is 9.28. The molecular formula is C21H25F2NO5. The van der Waals surface area contributed by atoms with Crippen LogP contribution >= 0.6 is 0 Å². The number of hydrogen-bond donors (Lipinski definition) is 3. The van der Waals surface area contributed by atoms with E-state index in [0.29, 0.717) is 12.1 Å². The minimum absolute atomic E-state index is 0.105. The Balaban J connectivity index is 1.89. The second-order valence-electron chi connectivity index (χ2n) is 6.50. The molecule has 0 aromatic heterocycles. The fourth-order valence-corrected chi connectivity index (χ4v) is 2.72. The molecule has 0 radical (unpaired) electrons. The van der Waals surface area contributed by atoms with Crippen LogP contribution in [0.15, 0.2) is 36.4 Å². The van der Waals surface area contributed by atoms with E-state index in [1.165, 1.54) is 12.1 Å². The molecule has 2 atom stereocenters. The topological polar surface area (TPSA) is 88.0 Å². The normalized spacial score (nSPS) is 13.0. The number of hydrogen-bond acceptors (Lipinski definition) is 6. The van der Waals surface area contributed by atoms with Crippen molar-refractivity contribution in [3.63, 3.8) is 0 Å². The number of rotatable bonds is 10. The molecule has 0 saturated carbocycles. The Morgan fingerprint density at radius 2 is 1.86 bits per heavy atom. The summed E-state index contributed by atoms with van der Waals surface area (Å²) in [4.78, 5) is 11.3. The molecule has 0 spiro atoms. The van der Waals surface area contributed by atoms with Crippen molar-refractivity contribution < 1.29 is 33.3 Å². The van der Waals surface area contributed by atoms with Gasteiger partial charge in [-0.05, 0) is 56.1 Å². The van der Waals surface area contributed by atoms with E-state index in [0.717, 1.165) is 12.1 Å². The molecule has 0 heterocycles. The molecule has 0 fully saturated rings. The average molecular weight is 409 g/mol. The molecule has 8 heteroatoms. The van der Waals surface area contributed by atoms with Gasteiger partial charge in [-0.1, -0.05) is 12.1 Å². The molecule has 0 saturated heterocycles. The van der Waals surface area contributed by atoms with E-state index in [-0.39, 0.29) is 36.1 Å². The van der Waals surface area contributed by atoms with E-state index < -0.39 is 30.3 Å². The molecule has 0 aliphatic rings. The molecule has 2 aromatic carbocycles. The number of carbonyl (C=O) groups is 1. The maximum absolute atomic E-state index is 14.2. The van der Waals surface area contributed by atoms with E-state index in [1.54, 1.807) is 26.0 Å². The second kappa shape index (κ2) is 10.7. The third-order valence-electron chi connectivity index (χ3n) is 4.32. The number of esters is 1. The van der Waals surface area contributed by atoms with Crippen molar-refractivity contribution >= 4 is 5.97 Å². The number of phenolic OH excluding ortho intramolecular Hbond substituents is 1. The Bertz CT molecular complexity index is 813. The lowest BCUT2D eigenvalue weighted by Crippen LogP contribution is -2.33. The Kier molecular flexibility index (Phi) is 8.35. The fraction of sp³-hybridized carbons (Fsp3) is 0.381. The van der Waals surface area contributed by atoms with Gasteiger partial charge in [0.25, 0.3) is 0 Å². The van der Waals surface area contributed by atoms with Gasteiger partial charge in [-0.3, -0.25) is 0 Å². The Morgan fingerprint density at radius 1 is 1.17 bits per heavy atom. The second-order valence-corrected chi connectivity index (χ2v) is 6.50. The van der Waals surface area contributed by atoms with Crippen LogP contribution in [0.1, 0.15) is 31.1 Å². The number of ether oxygens (including phenoxy) is 2. The minimum Gasteiger partial charge on any atom is -0.508 e. The smallest absolute Gasteiger partial charge is 0.344 e. The number of aromatic hydroxyl groups is 1. The zero-order valence-electron chi connectivity index (χ0n) is 16.3. The average Bonchev–Trinajstić information content (AvgIpc) is 2.69. The van der Waals surface area contributed by atoms with E-state index in [1.807, 2.05) is 0 Å². The van der Waals surface area contributed by atoms with Crippen LogP contribution in [0.2, 0.25) is 0 Å². The van der Waals surface area contributed by atoms with E-state index in [9.17, 15) is 23.8 Å². The summed E-state index contributed by atoms with van der Waals surface area (Å²) in [5.41, 5.74) is 0.771. The summed E-state index contributed by atoms with van der Waals surface area (Å²) < 4.78 is 38.0. The quantitative estimate of drug-likeness (QED) is 0.523. The van der Waals surface area contributed by atoms with Gasteiger partial charge in [-0.15, -0.1) is 0 Å². The van der Waals surface area contributed by atoms with Gasteiger partial charge in [0.05, 0.1) is 12.7 Å². The van der Waals surface area contributed by atoms with Crippen molar-refractivity contribution in [2.24, 2.45) is 0 Å². The van der Waals surface area contributed by atoms with Crippen LogP contribution in [0, 0.1) is 11.6 Å². The predicted octanol–water partition coefficient (Wildman–Crippen LogP) is 2.87. The van der Waals surface area contributed by atoms with Crippen LogP contribution in [-0.4, -0.2) is 42.0 Å². The van der Waals surface area contributed by atoms with Gasteiger partial charge in [-0.25, -0.2) is 13.6 Å². The molecule has 29 heavy (non-hydrogen) atoms. The first-order valence-corrected chi connectivity index (χ1v) is 9.28. The minimum atomic E-state index is -0.823. The van der Waals surface area contributed by atoms with Crippen molar-refractivity contribution in [3.05, 3.63) is 59.2 Å². The Morgan fingerprint density at radius 3 is 2.52 bits per heavy atom. The molecule has 158 valence electrons. The van der Waals surface area contributed by atoms with Gasteiger partial charge in [0.15, 0.2) is 18.2 Å². The number of halogens is 2. The number of phenols is 1. The van der Waals surface area contributed by atoms with Gasteiger partial charge in [0.2, 0.25) is 0 Å². The fourth-order valence-electron chi connectivity index (χ4n) is 2.72. The molecular weight excluding hydrogens is 384 g/mol. The van der Waals surface area contributed by atoms with Crippen LogP contribution in [-0.2, 0) is 16.0 Å². The standard InChI is InChI=1S/C21H25F2NO5/c1-3-28-20(26)12-29-19-11-17(22)15(10-18(19)23)8-9-24-13(2)21(27)14-4-6-16(25)7-5-14/h4-7,10-11,13,21,24-25,27H,3,8-9,12H2,1-2H3/t13-,21-/m0/s1. The van der Waals surface area contributed by atoms with Crippen molar-refractivity contribution in [3.8, 4) is 11.5 Å².